The van der Waals surface area contributed by atoms with Crippen molar-refractivity contribution in [3.8, 4) is 11.4 Å². The van der Waals surface area contributed by atoms with Gasteiger partial charge in [0.25, 0.3) is 5.91 Å². The molecule has 27 heavy (non-hydrogen) atoms. The standard InChI is InChI=1S/C20H18ClN5O/c1-11-5-6-12(10-22-11)18-23-17(20(27)25(2)3)16-14-8-7-13(21)9-15(14)26(4)19(16)24-18/h5-10H,1-4H3. The van der Waals surface area contributed by atoms with E-state index in [-0.39, 0.29) is 5.91 Å². The average Bonchev–Trinajstić information content (AvgIpc) is 2.93. The van der Waals surface area contributed by atoms with Crippen molar-refractivity contribution >= 4 is 39.4 Å². The number of carbonyl (C=O) groups is 1. The van der Waals surface area contributed by atoms with Crippen molar-refractivity contribution in [1.29, 1.82) is 0 Å². The van der Waals surface area contributed by atoms with Crippen LogP contribution in [0.15, 0.2) is 36.5 Å². The van der Waals surface area contributed by atoms with Crippen molar-refractivity contribution in [2.75, 3.05) is 14.1 Å². The van der Waals surface area contributed by atoms with E-state index in [1.54, 1.807) is 20.3 Å². The number of nitrogens with zero attached hydrogens (tertiary/aromatic N) is 5. The molecule has 6 nitrogen and oxygen atoms in total. The second kappa shape index (κ2) is 6.32. The summed E-state index contributed by atoms with van der Waals surface area (Å²) in [7, 11) is 5.34. The van der Waals surface area contributed by atoms with Gasteiger partial charge in [0.05, 0.1) is 10.9 Å². The summed E-state index contributed by atoms with van der Waals surface area (Å²) in [5.74, 6) is 0.295. The molecule has 1 aromatic carbocycles. The number of aryl methyl sites for hydroxylation is 2. The SMILES string of the molecule is Cc1ccc(-c2nc(C(=O)N(C)C)c3c4ccc(Cl)cc4n(C)c3n2)cn1. The first-order valence-electron chi connectivity index (χ1n) is 8.47. The Kier molecular flexibility index (Phi) is 4.08. The third kappa shape index (κ3) is 2.82. The zero-order valence-corrected chi connectivity index (χ0v) is 16.2. The minimum Gasteiger partial charge on any atom is -0.343 e. The summed E-state index contributed by atoms with van der Waals surface area (Å²) in [6.45, 7) is 1.92. The quantitative estimate of drug-likeness (QED) is 0.530. The minimum atomic E-state index is -0.175. The van der Waals surface area contributed by atoms with E-state index in [9.17, 15) is 4.79 Å². The summed E-state index contributed by atoms with van der Waals surface area (Å²) in [6.07, 6.45) is 1.72. The fraction of sp³-hybridized carbons (Fsp3) is 0.200. The Labute approximate surface area is 161 Å². The molecule has 0 radical (unpaired) electrons. The van der Waals surface area contributed by atoms with Crippen LogP contribution in [0, 0.1) is 6.92 Å². The molecule has 0 atom stereocenters. The van der Waals surface area contributed by atoms with Crippen molar-refractivity contribution in [3.05, 3.63) is 52.9 Å². The molecule has 7 heteroatoms. The minimum absolute atomic E-state index is 0.175. The van der Waals surface area contributed by atoms with Gasteiger partial charge in [-0.25, -0.2) is 9.97 Å². The van der Waals surface area contributed by atoms with Crippen molar-refractivity contribution in [2.45, 2.75) is 6.92 Å². The van der Waals surface area contributed by atoms with E-state index in [0.29, 0.717) is 22.2 Å². The van der Waals surface area contributed by atoms with Crippen LogP contribution in [0.1, 0.15) is 16.2 Å². The number of pyridine rings is 1. The molecule has 0 aliphatic heterocycles. The molecule has 0 fully saturated rings. The lowest BCUT2D eigenvalue weighted by molar-refractivity contribution is 0.0824. The zero-order chi connectivity index (χ0) is 19.3. The maximum atomic E-state index is 12.9. The van der Waals surface area contributed by atoms with Gasteiger partial charge in [-0.1, -0.05) is 17.7 Å². The highest BCUT2D eigenvalue weighted by Crippen LogP contribution is 2.32. The Hall–Kier alpha value is -2.99. The van der Waals surface area contributed by atoms with E-state index in [1.807, 2.05) is 48.9 Å². The Morgan fingerprint density at radius 3 is 2.59 bits per heavy atom. The van der Waals surface area contributed by atoms with E-state index in [0.717, 1.165) is 27.5 Å². The van der Waals surface area contributed by atoms with Gasteiger partial charge < -0.3 is 9.47 Å². The van der Waals surface area contributed by atoms with Crippen molar-refractivity contribution in [3.63, 3.8) is 0 Å². The smallest absolute Gasteiger partial charge is 0.272 e. The number of aromatic nitrogens is 4. The van der Waals surface area contributed by atoms with Gasteiger partial charge in [0.1, 0.15) is 11.3 Å². The highest BCUT2D eigenvalue weighted by atomic mass is 35.5. The highest BCUT2D eigenvalue weighted by molar-refractivity contribution is 6.31. The molecule has 0 saturated heterocycles. The topological polar surface area (TPSA) is 63.9 Å². The molecule has 0 bridgehead atoms. The van der Waals surface area contributed by atoms with Gasteiger partial charge in [-0.05, 0) is 31.2 Å². The predicted octanol–water partition coefficient (Wildman–Crippen LogP) is 3.85. The van der Waals surface area contributed by atoms with Crippen LogP contribution in [0.25, 0.3) is 33.3 Å². The summed E-state index contributed by atoms with van der Waals surface area (Å²) in [4.78, 5) is 28.1. The second-order valence-corrected chi connectivity index (χ2v) is 7.14. The molecule has 1 amide bonds. The average molecular weight is 380 g/mol. The Morgan fingerprint density at radius 2 is 1.93 bits per heavy atom. The first-order valence-corrected chi connectivity index (χ1v) is 8.85. The van der Waals surface area contributed by atoms with Gasteiger partial charge in [0.15, 0.2) is 5.82 Å². The van der Waals surface area contributed by atoms with Crippen molar-refractivity contribution in [1.82, 2.24) is 24.4 Å². The first-order chi connectivity index (χ1) is 12.9. The molecule has 3 aromatic heterocycles. The monoisotopic (exact) mass is 379 g/mol. The number of rotatable bonds is 2. The van der Waals surface area contributed by atoms with Gasteiger partial charge in [-0.2, -0.15) is 0 Å². The summed E-state index contributed by atoms with van der Waals surface area (Å²) in [5, 5.41) is 2.26. The van der Waals surface area contributed by atoms with Crippen LogP contribution in [0.5, 0.6) is 0 Å². The Morgan fingerprint density at radius 1 is 1.15 bits per heavy atom. The summed E-state index contributed by atoms with van der Waals surface area (Å²) in [5.41, 5.74) is 3.62. The first kappa shape index (κ1) is 17.4. The van der Waals surface area contributed by atoms with E-state index >= 15 is 0 Å². The maximum Gasteiger partial charge on any atom is 0.272 e. The zero-order valence-electron chi connectivity index (χ0n) is 15.5. The number of fused-ring (bicyclic) bond motifs is 3. The van der Waals surface area contributed by atoms with Crippen LogP contribution in [-0.2, 0) is 7.05 Å². The molecule has 0 N–H and O–H groups in total. The Bertz CT molecular complexity index is 1190. The molecule has 0 spiro atoms. The van der Waals surface area contributed by atoms with Crippen molar-refractivity contribution in [2.24, 2.45) is 7.05 Å². The van der Waals surface area contributed by atoms with E-state index in [2.05, 4.69) is 9.97 Å². The van der Waals surface area contributed by atoms with Gasteiger partial charge >= 0.3 is 0 Å². The van der Waals surface area contributed by atoms with Crippen LogP contribution in [0.2, 0.25) is 5.02 Å². The van der Waals surface area contributed by atoms with E-state index in [4.69, 9.17) is 16.6 Å². The molecule has 136 valence electrons. The van der Waals surface area contributed by atoms with Crippen LogP contribution in [0.4, 0.5) is 0 Å². The lowest BCUT2D eigenvalue weighted by Crippen LogP contribution is -2.23. The van der Waals surface area contributed by atoms with Gasteiger partial charge in [0.2, 0.25) is 0 Å². The van der Waals surface area contributed by atoms with Crippen LogP contribution >= 0.6 is 11.6 Å². The molecule has 0 saturated carbocycles. The van der Waals surface area contributed by atoms with Gasteiger partial charge in [-0.3, -0.25) is 9.78 Å². The largest absolute Gasteiger partial charge is 0.343 e. The van der Waals surface area contributed by atoms with Crippen molar-refractivity contribution < 1.29 is 4.79 Å². The fourth-order valence-electron chi connectivity index (χ4n) is 3.14. The van der Waals surface area contributed by atoms with Gasteiger partial charge in [-0.15, -0.1) is 0 Å². The van der Waals surface area contributed by atoms with Crippen LogP contribution in [0.3, 0.4) is 0 Å². The van der Waals surface area contributed by atoms with Crippen LogP contribution < -0.4 is 0 Å². The summed E-state index contributed by atoms with van der Waals surface area (Å²) < 4.78 is 1.94. The molecule has 3 heterocycles. The normalized spacial score (nSPS) is 11.3. The van der Waals surface area contributed by atoms with Crippen LogP contribution in [-0.4, -0.2) is 44.4 Å². The van der Waals surface area contributed by atoms with E-state index < -0.39 is 0 Å². The number of carbonyl (C=O) groups excluding carboxylic acids is 1. The third-order valence-corrected chi connectivity index (χ3v) is 4.81. The highest BCUT2D eigenvalue weighted by Gasteiger charge is 2.22. The number of hydrogen-bond donors (Lipinski definition) is 0. The molecular formula is C20H18ClN5O. The fourth-order valence-corrected chi connectivity index (χ4v) is 3.31. The number of benzene rings is 1. The maximum absolute atomic E-state index is 12.9. The van der Waals surface area contributed by atoms with Gasteiger partial charge in [0, 0.05) is 49.0 Å². The molecule has 0 aliphatic rings. The predicted molar refractivity (Wildman–Crippen MR) is 107 cm³/mol. The van der Waals surface area contributed by atoms with E-state index in [1.165, 1.54) is 4.90 Å². The lowest BCUT2D eigenvalue weighted by Gasteiger charge is -2.12. The lowest BCUT2D eigenvalue weighted by atomic mass is 10.1. The summed E-state index contributed by atoms with van der Waals surface area (Å²) >= 11 is 6.18. The Balaban J connectivity index is 2.11. The number of amides is 1. The molecule has 0 aliphatic carbocycles. The second-order valence-electron chi connectivity index (χ2n) is 6.70. The molecule has 4 rings (SSSR count). The number of hydrogen-bond acceptors (Lipinski definition) is 4. The molecule has 0 unspecified atom stereocenters. The third-order valence-electron chi connectivity index (χ3n) is 4.58. The molecular weight excluding hydrogens is 362 g/mol. The number of halogens is 1. The molecule has 4 aromatic rings. The summed E-state index contributed by atoms with van der Waals surface area (Å²) in [6, 6.07) is 9.40.